The van der Waals surface area contributed by atoms with Crippen LogP contribution in [0, 0.1) is 0 Å². The highest BCUT2D eigenvalue weighted by atomic mass is 16.6. The zero-order chi connectivity index (χ0) is 30.9. The number of carbonyl (C=O) groups excluding carboxylic acids is 2. The van der Waals surface area contributed by atoms with E-state index in [1.807, 2.05) is 66.7 Å². The minimum absolute atomic E-state index is 0.0326. The Bertz CT molecular complexity index is 1410. The van der Waals surface area contributed by atoms with Gasteiger partial charge in [0.15, 0.2) is 11.6 Å². The van der Waals surface area contributed by atoms with Gasteiger partial charge in [-0.05, 0) is 68.1 Å². The lowest BCUT2D eigenvalue weighted by Crippen LogP contribution is -2.48. The monoisotopic (exact) mass is 584 g/mol. The minimum atomic E-state index is -1.44. The number of aliphatic imine (C=N–C) groups is 1. The molecule has 8 nitrogen and oxygen atoms in total. The summed E-state index contributed by atoms with van der Waals surface area (Å²) in [6.45, 7) is 9.83. The lowest BCUT2D eigenvalue weighted by molar-refractivity contribution is -0.155. The van der Waals surface area contributed by atoms with Gasteiger partial charge < -0.3 is 24.6 Å². The number of rotatable bonds is 13. The summed E-state index contributed by atoms with van der Waals surface area (Å²) in [7, 11) is 0. The maximum Gasteiger partial charge on any atom is 0.306 e. The molecule has 0 fully saturated rings. The van der Waals surface area contributed by atoms with Crippen molar-refractivity contribution in [2.45, 2.75) is 57.3 Å². The van der Waals surface area contributed by atoms with Gasteiger partial charge >= 0.3 is 5.97 Å². The molecule has 226 valence electrons. The molecule has 0 bridgehead atoms. The Labute approximate surface area is 253 Å². The lowest BCUT2D eigenvalue weighted by Gasteiger charge is -2.31. The van der Waals surface area contributed by atoms with E-state index in [4.69, 9.17) is 24.3 Å². The zero-order valence-electron chi connectivity index (χ0n) is 25.0. The Morgan fingerprint density at radius 3 is 2.28 bits per heavy atom. The molecule has 3 aromatic rings. The van der Waals surface area contributed by atoms with Gasteiger partial charge in [-0.2, -0.15) is 0 Å². The van der Waals surface area contributed by atoms with E-state index in [0.29, 0.717) is 24.3 Å². The third-order valence-electron chi connectivity index (χ3n) is 6.89. The highest BCUT2D eigenvalue weighted by molar-refractivity contribution is 6.01. The molecule has 0 spiro atoms. The van der Waals surface area contributed by atoms with Gasteiger partial charge in [0.1, 0.15) is 11.4 Å². The second-order valence-corrected chi connectivity index (χ2v) is 11.4. The zero-order valence-corrected chi connectivity index (χ0v) is 25.0. The summed E-state index contributed by atoms with van der Waals surface area (Å²) in [5.41, 5.74) is 1.40. The minimum Gasteiger partial charge on any atom is -0.494 e. The van der Waals surface area contributed by atoms with Crippen LogP contribution in [0.5, 0.6) is 5.75 Å². The van der Waals surface area contributed by atoms with Gasteiger partial charge in [0.05, 0.1) is 6.61 Å². The molecule has 0 aromatic heterocycles. The third-order valence-corrected chi connectivity index (χ3v) is 6.89. The number of hydrogen-bond acceptors (Lipinski definition) is 7. The van der Waals surface area contributed by atoms with E-state index in [0.717, 1.165) is 16.7 Å². The van der Waals surface area contributed by atoms with E-state index in [-0.39, 0.29) is 37.8 Å². The van der Waals surface area contributed by atoms with E-state index in [9.17, 15) is 9.59 Å². The molecule has 0 saturated carbocycles. The van der Waals surface area contributed by atoms with Crippen molar-refractivity contribution in [2.75, 3.05) is 19.8 Å². The quantitative estimate of drug-likeness (QED) is 0.150. The molecule has 8 heteroatoms. The van der Waals surface area contributed by atoms with E-state index < -0.39 is 23.2 Å². The smallest absolute Gasteiger partial charge is 0.306 e. The summed E-state index contributed by atoms with van der Waals surface area (Å²) in [5, 5.41) is 11.9. The van der Waals surface area contributed by atoms with E-state index in [1.54, 1.807) is 39.0 Å². The standard InChI is InChI=1S/C35H40N2O6/c1-5-22-36-33(40)35(21-20-30(39)43-34(2,3)4)31(27-14-12-26(13-15-27)25-10-7-6-8-11-25)42-32(37-35)28-16-18-29(19-17-28)41-24-9-23-38/h5-8,10-19,31,38H,1,9,20-24H2,2-4H3,(H,36,40)/t31-,35-/m1/s1. The topological polar surface area (TPSA) is 106 Å². The predicted molar refractivity (Wildman–Crippen MR) is 167 cm³/mol. The Morgan fingerprint density at radius 1 is 1.00 bits per heavy atom. The molecule has 0 radical (unpaired) electrons. The van der Waals surface area contributed by atoms with Crippen LogP contribution in [0.1, 0.15) is 57.3 Å². The molecule has 0 saturated heterocycles. The summed E-state index contributed by atoms with van der Waals surface area (Å²) >= 11 is 0. The van der Waals surface area contributed by atoms with Crippen molar-refractivity contribution in [1.29, 1.82) is 0 Å². The Hall–Kier alpha value is -4.43. The molecule has 3 aromatic carbocycles. The van der Waals surface area contributed by atoms with Crippen LogP contribution in [-0.4, -0.2) is 53.8 Å². The van der Waals surface area contributed by atoms with Gasteiger partial charge in [0, 0.05) is 31.6 Å². The SMILES string of the molecule is C=CCNC(=O)[C@]1(CCC(=O)OC(C)(C)C)N=C(c2ccc(OCCCO)cc2)O[C@@H]1c1ccc(-c2ccccc2)cc1. The van der Waals surface area contributed by atoms with Crippen molar-refractivity contribution >= 4 is 17.8 Å². The van der Waals surface area contributed by atoms with Crippen molar-refractivity contribution in [1.82, 2.24) is 5.32 Å². The number of carbonyl (C=O) groups is 2. The van der Waals surface area contributed by atoms with Gasteiger partial charge in [-0.25, -0.2) is 4.99 Å². The number of ether oxygens (including phenoxy) is 3. The van der Waals surface area contributed by atoms with Crippen molar-refractivity contribution in [2.24, 2.45) is 4.99 Å². The molecule has 1 heterocycles. The van der Waals surface area contributed by atoms with E-state index >= 15 is 0 Å². The number of aliphatic hydroxyl groups is 1. The molecule has 2 atom stereocenters. The number of hydrogen-bond donors (Lipinski definition) is 2. The third kappa shape index (κ3) is 8.11. The Morgan fingerprint density at radius 2 is 1.65 bits per heavy atom. The van der Waals surface area contributed by atoms with Crippen LogP contribution in [0.4, 0.5) is 0 Å². The Balaban J connectivity index is 1.72. The van der Waals surface area contributed by atoms with Crippen molar-refractivity contribution in [3.63, 3.8) is 0 Å². The van der Waals surface area contributed by atoms with Crippen LogP contribution in [0.2, 0.25) is 0 Å². The Kier molecular flexibility index (Phi) is 10.4. The van der Waals surface area contributed by atoms with E-state index in [1.165, 1.54) is 0 Å². The summed E-state index contributed by atoms with van der Waals surface area (Å²) in [6.07, 6.45) is 1.36. The normalized spacial score (nSPS) is 17.9. The fourth-order valence-corrected chi connectivity index (χ4v) is 4.85. The number of nitrogens with zero attached hydrogens (tertiary/aromatic N) is 1. The largest absolute Gasteiger partial charge is 0.494 e. The first-order valence-corrected chi connectivity index (χ1v) is 14.5. The molecule has 1 aliphatic rings. The second kappa shape index (κ2) is 14.2. The molecule has 0 unspecified atom stereocenters. The van der Waals surface area contributed by atoms with Crippen LogP contribution in [0.3, 0.4) is 0 Å². The molecule has 1 amide bonds. The average Bonchev–Trinajstić information content (AvgIpc) is 3.40. The summed E-state index contributed by atoms with van der Waals surface area (Å²) in [5.74, 6) is 0.141. The first-order valence-electron chi connectivity index (χ1n) is 14.5. The summed E-state index contributed by atoms with van der Waals surface area (Å²) in [4.78, 5) is 31.7. The molecular weight excluding hydrogens is 544 g/mol. The average molecular weight is 585 g/mol. The second-order valence-electron chi connectivity index (χ2n) is 11.4. The summed E-state index contributed by atoms with van der Waals surface area (Å²) < 4.78 is 17.7. The highest BCUT2D eigenvalue weighted by Crippen LogP contribution is 2.44. The molecule has 4 rings (SSSR count). The van der Waals surface area contributed by atoms with Crippen LogP contribution in [0.15, 0.2) is 96.5 Å². The lowest BCUT2D eigenvalue weighted by atomic mass is 9.83. The highest BCUT2D eigenvalue weighted by Gasteiger charge is 2.53. The van der Waals surface area contributed by atoms with Crippen molar-refractivity contribution in [3.8, 4) is 16.9 Å². The molecular formula is C35H40N2O6. The van der Waals surface area contributed by atoms with Gasteiger partial charge in [0.2, 0.25) is 5.90 Å². The number of benzene rings is 3. The molecule has 0 aliphatic carbocycles. The number of nitrogens with one attached hydrogen (secondary N) is 1. The van der Waals surface area contributed by atoms with Crippen LogP contribution < -0.4 is 10.1 Å². The van der Waals surface area contributed by atoms with Gasteiger partial charge in [-0.15, -0.1) is 6.58 Å². The first kappa shape index (κ1) is 31.5. The number of amides is 1. The number of esters is 1. The van der Waals surface area contributed by atoms with Gasteiger partial charge in [-0.1, -0.05) is 60.7 Å². The van der Waals surface area contributed by atoms with Gasteiger partial charge in [0.25, 0.3) is 5.91 Å². The van der Waals surface area contributed by atoms with Crippen LogP contribution in [-0.2, 0) is 19.1 Å². The van der Waals surface area contributed by atoms with Crippen molar-refractivity contribution < 1.29 is 28.9 Å². The number of aliphatic hydroxyl groups excluding tert-OH is 1. The van der Waals surface area contributed by atoms with Crippen LogP contribution >= 0.6 is 0 Å². The maximum absolute atomic E-state index is 13.9. The predicted octanol–water partition coefficient (Wildman–Crippen LogP) is 5.80. The maximum atomic E-state index is 13.9. The fraction of sp³-hybridized carbons (Fsp3) is 0.343. The fourth-order valence-electron chi connectivity index (χ4n) is 4.85. The molecule has 43 heavy (non-hydrogen) atoms. The van der Waals surface area contributed by atoms with Crippen molar-refractivity contribution in [3.05, 3.63) is 103 Å². The molecule has 1 aliphatic heterocycles. The molecule has 2 N–H and O–H groups in total. The first-order chi connectivity index (χ1) is 20.6. The summed E-state index contributed by atoms with van der Waals surface area (Å²) in [6, 6.07) is 25.1. The van der Waals surface area contributed by atoms with Crippen LogP contribution in [0.25, 0.3) is 11.1 Å². The van der Waals surface area contributed by atoms with Gasteiger partial charge in [-0.3, -0.25) is 9.59 Å². The van der Waals surface area contributed by atoms with E-state index in [2.05, 4.69) is 11.9 Å².